The van der Waals surface area contributed by atoms with Gasteiger partial charge in [-0.1, -0.05) is 6.07 Å². The number of aromatic amines is 2. The molecule has 3 aromatic rings. The van der Waals surface area contributed by atoms with Crippen LogP contribution in [0, 0.1) is 0 Å². The van der Waals surface area contributed by atoms with Gasteiger partial charge in [0.1, 0.15) is 17.7 Å². The predicted octanol–water partition coefficient (Wildman–Crippen LogP) is 3.35. The number of nitrogens with one attached hydrogen (secondary N) is 2. The van der Waals surface area contributed by atoms with Gasteiger partial charge in [-0.2, -0.15) is 18.3 Å². The van der Waals surface area contributed by atoms with Gasteiger partial charge in [-0.15, -0.1) is 0 Å². The van der Waals surface area contributed by atoms with Crippen molar-refractivity contribution >= 4 is 0 Å². The topological polar surface area (TPSA) is 79.1 Å². The molecule has 7 nitrogen and oxygen atoms in total. The molecule has 0 unspecified atom stereocenters. The van der Waals surface area contributed by atoms with Crippen molar-refractivity contribution in [2.24, 2.45) is 0 Å². The van der Waals surface area contributed by atoms with Gasteiger partial charge in [0.25, 0.3) is 0 Å². The second-order valence-electron chi connectivity index (χ2n) is 7.07. The average Bonchev–Trinajstić information content (AvgIpc) is 3.40. The summed E-state index contributed by atoms with van der Waals surface area (Å²) in [7, 11) is 0. The van der Waals surface area contributed by atoms with Gasteiger partial charge in [-0.25, -0.2) is 4.98 Å². The number of imidazole rings is 1. The Hall–Kier alpha value is -2.85. The van der Waals surface area contributed by atoms with Crippen molar-refractivity contribution < 1.29 is 22.6 Å². The highest BCUT2D eigenvalue weighted by Gasteiger charge is 2.30. The zero-order chi connectivity index (χ0) is 21.0. The van der Waals surface area contributed by atoms with Crippen LogP contribution in [0.25, 0.3) is 0 Å². The summed E-state index contributed by atoms with van der Waals surface area (Å²) in [6.07, 6.45) is -0.513. The fourth-order valence-electron chi connectivity index (χ4n) is 3.33. The predicted molar refractivity (Wildman–Crippen MR) is 102 cm³/mol. The van der Waals surface area contributed by atoms with Crippen LogP contribution in [0.2, 0.25) is 0 Å². The second-order valence-corrected chi connectivity index (χ2v) is 7.07. The minimum absolute atomic E-state index is 0.150. The molecule has 1 fully saturated rings. The molecule has 0 radical (unpaired) electrons. The van der Waals surface area contributed by atoms with Gasteiger partial charge >= 0.3 is 6.18 Å². The van der Waals surface area contributed by atoms with E-state index in [0.717, 1.165) is 42.4 Å². The van der Waals surface area contributed by atoms with Gasteiger partial charge in [0.05, 0.1) is 31.0 Å². The third-order valence-corrected chi connectivity index (χ3v) is 4.86. The molecule has 1 aliphatic rings. The van der Waals surface area contributed by atoms with Crippen molar-refractivity contribution in [3.8, 4) is 5.75 Å². The number of morpholine rings is 1. The molecule has 2 N–H and O–H groups in total. The maximum absolute atomic E-state index is 12.8. The van der Waals surface area contributed by atoms with Gasteiger partial charge in [0.2, 0.25) is 0 Å². The molecule has 10 heteroatoms. The smallest absolute Gasteiger partial charge is 0.416 e. The van der Waals surface area contributed by atoms with Crippen LogP contribution in [0.5, 0.6) is 5.75 Å². The van der Waals surface area contributed by atoms with Crippen molar-refractivity contribution in [3.05, 3.63) is 65.5 Å². The van der Waals surface area contributed by atoms with E-state index in [1.165, 1.54) is 12.1 Å². The molecule has 30 heavy (non-hydrogen) atoms. The lowest BCUT2D eigenvalue weighted by Gasteiger charge is -2.31. The summed E-state index contributed by atoms with van der Waals surface area (Å²) >= 11 is 0. The lowest BCUT2D eigenvalue weighted by atomic mass is 10.2. The Morgan fingerprint density at radius 3 is 2.97 bits per heavy atom. The van der Waals surface area contributed by atoms with Crippen LogP contribution < -0.4 is 4.74 Å². The van der Waals surface area contributed by atoms with Crippen LogP contribution in [-0.4, -0.2) is 51.4 Å². The van der Waals surface area contributed by atoms with Gasteiger partial charge in [0, 0.05) is 37.6 Å². The first-order valence-electron chi connectivity index (χ1n) is 9.64. The van der Waals surface area contributed by atoms with E-state index >= 15 is 0 Å². The molecule has 0 aliphatic carbocycles. The monoisotopic (exact) mass is 421 g/mol. The van der Waals surface area contributed by atoms with E-state index in [2.05, 4.69) is 25.1 Å². The number of benzene rings is 1. The highest BCUT2D eigenvalue weighted by Crippen LogP contribution is 2.31. The van der Waals surface area contributed by atoms with E-state index in [1.54, 1.807) is 12.4 Å². The summed E-state index contributed by atoms with van der Waals surface area (Å²) in [5, 5.41) is 7.30. The third-order valence-electron chi connectivity index (χ3n) is 4.86. The largest absolute Gasteiger partial charge is 0.493 e. The van der Waals surface area contributed by atoms with E-state index in [4.69, 9.17) is 9.47 Å². The molecule has 0 amide bonds. The Labute approximate surface area is 171 Å². The Bertz CT molecular complexity index is 942. The highest BCUT2D eigenvalue weighted by molar-refractivity contribution is 5.30. The number of H-pyrrole nitrogens is 2. The van der Waals surface area contributed by atoms with E-state index in [-0.39, 0.29) is 18.5 Å². The van der Waals surface area contributed by atoms with Gasteiger partial charge in [-0.05, 0) is 24.3 Å². The first-order valence-corrected chi connectivity index (χ1v) is 9.64. The van der Waals surface area contributed by atoms with Crippen molar-refractivity contribution in [2.45, 2.75) is 25.2 Å². The lowest BCUT2D eigenvalue weighted by molar-refractivity contribution is -0.137. The molecular weight excluding hydrogens is 399 g/mol. The van der Waals surface area contributed by atoms with Crippen molar-refractivity contribution in [1.82, 2.24) is 25.1 Å². The molecule has 1 aliphatic heterocycles. The first kappa shape index (κ1) is 20.4. The Morgan fingerprint density at radius 2 is 2.17 bits per heavy atom. The molecule has 0 spiro atoms. The lowest BCUT2D eigenvalue weighted by Crippen LogP contribution is -2.38. The fourth-order valence-corrected chi connectivity index (χ4v) is 3.33. The minimum atomic E-state index is -4.39. The summed E-state index contributed by atoms with van der Waals surface area (Å²) in [6.45, 7) is 3.07. The maximum Gasteiger partial charge on any atom is 0.416 e. The first-order chi connectivity index (χ1) is 14.5. The van der Waals surface area contributed by atoms with Crippen LogP contribution in [-0.2, 0) is 23.9 Å². The summed E-state index contributed by atoms with van der Waals surface area (Å²) in [6, 6.07) is 6.78. The maximum atomic E-state index is 12.8. The van der Waals surface area contributed by atoms with Crippen molar-refractivity contribution in [1.29, 1.82) is 0 Å². The second kappa shape index (κ2) is 8.88. The van der Waals surface area contributed by atoms with Crippen LogP contribution in [0.4, 0.5) is 13.2 Å². The standard InChI is InChI=1S/C20H22F3N5O2/c21-20(22,23)14-2-1-3-16(10-14)29-8-4-15-11-17(27-26-15)18-12-28(7-9-30-18)13-19-24-5-6-25-19/h1-3,5-6,10-11,18H,4,7-9,12-13H2,(H,24,25)(H,26,27)/t18-/m1/s1. The fraction of sp³-hybridized carbons (Fsp3) is 0.400. The van der Waals surface area contributed by atoms with E-state index < -0.39 is 11.7 Å². The normalized spacial score (nSPS) is 17.9. The Morgan fingerprint density at radius 1 is 1.27 bits per heavy atom. The SMILES string of the molecule is FC(F)(F)c1cccc(OCCc2cc([C@H]3CN(Cc4ncc[nH]4)CCO3)n[nH]2)c1. The molecule has 0 saturated carbocycles. The number of ether oxygens (including phenoxy) is 2. The Balaban J connectivity index is 1.29. The molecule has 1 atom stereocenters. The molecule has 1 saturated heterocycles. The average molecular weight is 421 g/mol. The molecule has 4 rings (SSSR count). The minimum Gasteiger partial charge on any atom is -0.493 e. The summed E-state index contributed by atoms with van der Waals surface area (Å²) in [5.74, 6) is 1.10. The number of nitrogens with zero attached hydrogens (tertiary/aromatic N) is 3. The molecule has 160 valence electrons. The number of rotatable bonds is 7. The number of aromatic nitrogens is 4. The van der Waals surface area contributed by atoms with Crippen LogP contribution in [0.3, 0.4) is 0 Å². The van der Waals surface area contributed by atoms with E-state index in [1.807, 2.05) is 6.07 Å². The number of alkyl halides is 3. The summed E-state index contributed by atoms with van der Waals surface area (Å²) in [4.78, 5) is 9.60. The van der Waals surface area contributed by atoms with E-state index in [0.29, 0.717) is 19.6 Å². The third kappa shape index (κ3) is 5.19. The zero-order valence-electron chi connectivity index (χ0n) is 16.2. The number of halogens is 3. The molecular formula is C20H22F3N5O2. The van der Waals surface area contributed by atoms with E-state index in [9.17, 15) is 13.2 Å². The highest BCUT2D eigenvalue weighted by atomic mass is 19.4. The summed E-state index contributed by atoms with van der Waals surface area (Å²) in [5.41, 5.74) is 0.911. The van der Waals surface area contributed by atoms with Crippen LogP contribution in [0.1, 0.15) is 28.9 Å². The molecule has 2 aromatic heterocycles. The van der Waals surface area contributed by atoms with Crippen molar-refractivity contribution in [3.63, 3.8) is 0 Å². The molecule has 1 aromatic carbocycles. The zero-order valence-corrected chi connectivity index (χ0v) is 16.2. The summed E-state index contributed by atoms with van der Waals surface area (Å²) < 4.78 is 49.7. The molecule has 0 bridgehead atoms. The van der Waals surface area contributed by atoms with Gasteiger partial charge < -0.3 is 14.5 Å². The molecule has 3 heterocycles. The Kier molecular flexibility index (Phi) is 6.05. The van der Waals surface area contributed by atoms with Gasteiger partial charge in [0.15, 0.2) is 0 Å². The number of hydrogen-bond donors (Lipinski definition) is 2. The van der Waals surface area contributed by atoms with Crippen molar-refractivity contribution in [2.75, 3.05) is 26.3 Å². The number of hydrogen-bond acceptors (Lipinski definition) is 5. The van der Waals surface area contributed by atoms with Gasteiger partial charge in [-0.3, -0.25) is 10.00 Å². The quantitative estimate of drug-likeness (QED) is 0.612. The van der Waals surface area contributed by atoms with Crippen LogP contribution >= 0.6 is 0 Å². The van der Waals surface area contributed by atoms with Crippen LogP contribution in [0.15, 0.2) is 42.7 Å².